The van der Waals surface area contributed by atoms with E-state index >= 15 is 0 Å². The van der Waals surface area contributed by atoms with Gasteiger partial charge in [-0.1, -0.05) is 17.7 Å². The van der Waals surface area contributed by atoms with Gasteiger partial charge in [-0.25, -0.2) is 4.39 Å². The summed E-state index contributed by atoms with van der Waals surface area (Å²) in [6.07, 6.45) is 0. The lowest BCUT2D eigenvalue weighted by Crippen LogP contribution is -2.50. The molecule has 1 unspecified atom stereocenters. The second kappa shape index (κ2) is 8.87. The minimum atomic E-state index is -0.285. The minimum absolute atomic E-state index is 0.0212. The lowest BCUT2D eigenvalue weighted by molar-refractivity contribution is -0.132. The van der Waals surface area contributed by atoms with Crippen molar-refractivity contribution in [2.75, 3.05) is 32.7 Å². The zero-order valence-electron chi connectivity index (χ0n) is 15.7. The highest BCUT2D eigenvalue weighted by atomic mass is 35.5. The number of benzene rings is 1. The van der Waals surface area contributed by atoms with Crippen molar-refractivity contribution in [1.82, 2.24) is 15.1 Å². The van der Waals surface area contributed by atoms with E-state index in [2.05, 4.69) is 10.2 Å². The lowest BCUT2D eigenvalue weighted by atomic mass is 10.2. The molecule has 146 valence electrons. The van der Waals surface area contributed by atoms with E-state index < -0.39 is 0 Å². The molecule has 1 amide bonds. The van der Waals surface area contributed by atoms with Gasteiger partial charge >= 0.3 is 0 Å². The summed E-state index contributed by atoms with van der Waals surface area (Å²) < 4.78 is 19.5. The van der Waals surface area contributed by atoms with Gasteiger partial charge < -0.3 is 9.32 Å². The van der Waals surface area contributed by atoms with Crippen LogP contribution in [0.4, 0.5) is 4.39 Å². The second-order valence-corrected chi connectivity index (χ2v) is 7.32. The maximum atomic E-state index is 13.9. The first-order chi connectivity index (χ1) is 12.9. The van der Waals surface area contributed by atoms with Gasteiger partial charge in [-0.2, -0.15) is 0 Å². The molecular weight excluding hydrogens is 369 g/mol. The minimum Gasteiger partial charge on any atom is -0.465 e. The number of hydrogen-bond acceptors (Lipinski definition) is 4. The number of furan rings is 1. The molecule has 2 heterocycles. The number of hydrogen-bond donors (Lipinski definition) is 1. The summed E-state index contributed by atoms with van der Waals surface area (Å²) in [6, 6.07) is 8.55. The molecule has 0 bridgehead atoms. The third-order valence-electron chi connectivity index (χ3n) is 4.92. The van der Waals surface area contributed by atoms with Crippen LogP contribution >= 0.6 is 11.6 Å². The first kappa shape index (κ1) is 19.9. The largest absolute Gasteiger partial charge is 0.465 e. The van der Waals surface area contributed by atoms with Crippen LogP contribution in [-0.4, -0.2) is 48.4 Å². The Bertz CT molecular complexity index is 767. The van der Waals surface area contributed by atoms with Crippen LogP contribution in [0.1, 0.15) is 30.0 Å². The van der Waals surface area contributed by atoms with Gasteiger partial charge in [0.15, 0.2) is 0 Å². The highest BCUT2D eigenvalue weighted by Crippen LogP contribution is 2.21. The van der Waals surface area contributed by atoms with Gasteiger partial charge in [0.25, 0.3) is 0 Å². The summed E-state index contributed by atoms with van der Waals surface area (Å²) in [6.45, 7) is 7.24. The van der Waals surface area contributed by atoms with Crippen LogP contribution in [0.25, 0.3) is 0 Å². The van der Waals surface area contributed by atoms with Gasteiger partial charge in [0.05, 0.1) is 12.6 Å². The number of amides is 1. The maximum Gasteiger partial charge on any atom is 0.236 e. The smallest absolute Gasteiger partial charge is 0.236 e. The van der Waals surface area contributed by atoms with Crippen molar-refractivity contribution in [2.45, 2.75) is 26.4 Å². The number of carbonyl (C=O) groups is 1. The van der Waals surface area contributed by atoms with Gasteiger partial charge in [-0.3, -0.25) is 15.0 Å². The van der Waals surface area contributed by atoms with Crippen LogP contribution < -0.4 is 5.32 Å². The molecule has 1 aromatic carbocycles. The van der Waals surface area contributed by atoms with Crippen LogP contribution in [0.15, 0.2) is 34.7 Å². The Kier molecular flexibility index (Phi) is 6.52. The summed E-state index contributed by atoms with van der Waals surface area (Å²) in [7, 11) is 0. The van der Waals surface area contributed by atoms with Crippen molar-refractivity contribution in [3.8, 4) is 0 Å². The number of nitrogens with zero attached hydrogens (tertiary/aromatic N) is 2. The Morgan fingerprint density at radius 3 is 2.63 bits per heavy atom. The van der Waals surface area contributed by atoms with Crippen LogP contribution in [0.2, 0.25) is 5.02 Å². The van der Waals surface area contributed by atoms with Crippen LogP contribution in [0.5, 0.6) is 0 Å². The Morgan fingerprint density at radius 2 is 2.00 bits per heavy atom. The number of halogens is 2. The van der Waals surface area contributed by atoms with E-state index in [1.165, 1.54) is 6.07 Å². The molecule has 1 aliphatic rings. The van der Waals surface area contributed by atoms with E-state index in [4.69, 9.17) is 16.0 Å². The molecule has 0 radical (unpaired) electrons. The highest BCUT2D eigenvalue weighted by Gasteiger charge is 2.23. The molecule has 5 nitrogen and oxygen atoms in total. The fourth-order valence-corrected chi connectivity index (χ4v) is 3.42. The Labute approximate surface area is 164 Å². The molecule has 1 saturated heterocycles. The number of carbonyl (C=O) groups excluding carboxylic acids is 1. The Balaban J connectivity index is 1.45. The van der Waals surface area contributed by atoms with Crippen molar-refractivity contribution >= 4 is 17.5 Å². The van der Waals surface area contributed by atoms with Crippen molar-refractivity contribution in [1.29, 1.82) is 0 Å². The third kappa shape index (κ3) is 5.09. The summed E-state index contributed by atoms with van der Waals surface area (Å²) in [5.41, 5.74) is 0.517. The summed E-state index contributed by atoms with van der Waals surface area (Å²) in [5, 5.41) is 3.65. The van der Waals surface area contributed by atoms with Crippen molar-refractivity contribution in [3.63, 3.8) is 0 Å². The molecule has 1 N–H and O–H groups in total. The Hall–Kier alpha value is -1.89. The van der Waals surface area contributed by atoms with E-state index in [0.29, 0.717) is 43.3 Å². The summed E-state index contributed by atoms with van der Waals surface area (Å²) in [5.74, 6) is 1.46. The van der Waals surface area contributed by atoms with Crippen LogP contribution in [0.3, 0.4) is 0 Å². The molecule has 0 saturated carbocycles. The zero-order chi connectivity index (χ0) is 19.4. The van der Waals surface area contributed by atoms with Gasteiger partial charge in [-0.05, 0) is 38.1 Å². The molecule has 1 aliphatic heterocycles. The fraction of sp³-hybridized carbons (Fsp3) is 0.450. The standard InChI is InChI=1S/C20H25ClFN3O2/c1-14-6-7-19(27-14)15(2)23-12-20(26)25-10-8-24(9-11-25)13-16-17(21)4-3-5-18(16)22/h3-7,15,23H,8-13H2,1-2H3. The molecule has 0 aliphatic carbocycles. The predicted octanol–water partition coefficient (Wildman–Crippen LogP) is 3.38. The molecular formula is C20H25ClFN3O2. The first-order valence-corrected chi connectivity index (χ1v) is 9.54. The molecule has 0 spiro atoms. The second-order valence-electron chi connectivity index (χ2n) is 6.91. The average molecular weight is 394 g/mol. The van der Waals surface area contributed by atoms with E-state index in [9.17, 15) is 9.18 Å². The Morgan fingerprint density at radius 1 is 1.26 bits per heavy atom. The van der Waals surface area contributed by atoms with Gasteiger partial charge in [0.1, 0.15) is 17.3 Å². The summed E-state index contributed by atoms with van der Waals surface area (Å²) in [4.78, 5) is 16.4. The fourth-order valence-electron chi connectivity index (χ4n) is 3.20. The average Bonchev–Trinajstić information content (AvgIpc) is 3.09. The topological polar surface area (TPSA) is 48.7 Å². The van der Waals surface area contributed by atoms with Crippen molar-refractivity contribution in [3.05, 3.63) is 58.3 Å². The monoisotopic (exact) mass is 393 g/mol. The normalized spacial score (nSPS) is 16.5. The SMILES string of the molecule is Cc1ccc(C(C)NCC(=O)N2CCN(Cc3c(F)cccc3Cl)CC2)o1. The molecule has 1 atom stereocenters. The van der Waals surface area contributed by atoms with Gasteiger partial charge in [0, 0.05) is 43.3 Å². The van der Waals surface area contributed by atoms with Crippen molar-refractivity contribution in [2.24, 2.45) is 0 Å². The lowest BCUT2D eigenvalue weighted by Gasteiger charge is -2.35. The molecule has 1 fully saturated rings. The van der Waals surface area contributed by atoms with E-state index in [1.807, 2.05) is 30.9 Å². The van der Waals surface area contributed by atoms with E-state index in [0.717, 1.165) is 11.5 Å². The van der Waals surface area contributed by atoms with Crippen LogP contribution in [0, 0.1) is 12.7 Å². The number of piperazine rings is 1. The van der Waals surface area contributed by atoms with Gasteiger partial charge in [-0.15, -0.1) is 0 Å². The number of aryl methyl sites for hydroxylation is 1. The zero-order valence-corrected chi connectivity index (χ0v) is 16.4. The molecule has 27 heavy (non-hydrogen) atoms. The first-order valence-electron chi connectivity index (χ1n) is 9.17. The molecule has 7 heteroatoms. The maximum absolute atomic E-state index is 13.9. The molecule has 3 rings (SSSR count). The summed E-state index contributed by atoms with van der Waals surface area (Å²) >= 11 is 6.10. The van der Waals surface area contributed by atoms with E-state index in [-0.39, 0.29) is 24.3 Å². The highest BCUT2D eigenvalue weighted by molar-refractivity contribution is 6.31. The number of nitrogens with one attached hydrogen (secondary N) is 1. The third-order valence-corrected chi connectivity index (χ3v) is 5.27. The quantitative estimate of drug-likeness (QED) is 0.817. The van der Waals surface area contributed by atoms with E-state index in [1.54, 1.807) is 12.1 Å². The number of rotatable bonds is 6. The van der Waals surface area contributed by atoms with Crippen LogP contribution in [-0.2, 0) is 11.3 Å². The van der Waals surface area contributed by atoms with Gasteiger partial charge in [0.2, 0.25) is 5.91 Å². The molecule has 1 aromatic heterocycles. The van der Waals surface area contributed by atoms with Crippen molar-refractivity contribution < 1.29 is 13.6 Å². The molecule has 2 aromatic rings. The predicted molar refractivity (Wildman–Crippen MR) is 103 cm³/mol.